The fraction of sp³-hybridized carbons (Fsp3) is 0.889. The van der Waals surface area contributed by atoms with E-state index in [1.807, 2.05) is 0 Å². The molecule has 0 bridgehead atoms. The minimum atomic E-state index is -0.975. The molecular formula is C18H33NO5. The van der Waals surface area contributed by atoms with Crippen LogP contribution in [0.5, 0.6) is 0 Å². The van der Waals surface area contributed by atoms with Crippen molar-refractivity contribution in [3.05, 3.63) is 0 Å². The number of carbonyl (C=O) groups is 2. The molecule has 0 aromatic rings. The van der Waals surface area contributed by atoms with Gasteiger partial charge in [0, 0.05) is 7.11 Å². The number of ether oxygens (including phenoxy) is 2. The molecule has 6 heteroatoms. The number of nitrogens with one attached hydrogen (secondary N) is 1. The first-order valence-corrected chi connectivity index (χ1v) is 8.80. The molecule has 0 saturated heterocycles. The zero-order chi connectivity index (χ0) is 18.3. The van der Waals surface area contributed by atoms with Crippen molar-refractivity contribution in [3.63, 3.8) is 0 Å². The number of carboxylic acid groups (broad SMARTS) is 1. The van der Waals surface area contributed by atoms with Crippen LogP contribution >= 0.6 is 0 Å². The number of carbonyl (C=O) groups excluding carboxylic acids is 1. The summed E-state index contributed by atoms with van der Waals surface area (Å²) >= 11 is 0. The second kappa shape index (κ2) is 9.37. The Morgan fingerprint density at radius 2 is 2.00 bits per heavy atom. The summed E-state index contributed by atoms with van der Waals surface area (Å²) in [7, 11) is 1.49. The second-order valence-electron chi connectivity index (χ2n) is 7.79. The smallest absolute Gasteiger partial charge is 0.305 e. The zero-order valence-corrected chi connectivity index (χ0v) is 15.6. The molecule has 0 spiro atoms. The maximum absolute atomic E-state index is 12.2. The molecule has 1 saturated carbocycles. The van der Waals surface area contributed by atoms with Crippen LogP contribution in [0, 0.1) is 17.8 Å². The Balaban J connectivity index is 2.57. The Morgan fingerprint density at radius 1 is 1.33 bits per heavy atom. The van der Waals surface area contributed by atoms with Crippen molar-refractivity contribution in [2.45, 2.75) is 65.0 Å². The summed E-state index contributed by atoms with van der Waals surface area (Å²) in [6.07, 6.45) is 3.21. The summed E-state index contributed by atoms with van der Waals surface area (Å²) in [5.74, 6) is 0.335. The van der Waals surface area contributed by atoms with Crippen molar-refractivity contribution in [2.75, 3.05) is 20.3 Å². The van der Waals surface area contributed by atoms with Crippen LogP contribution < -0.4 is 5.32 Å². The summed E-state index contributed by atoms with van der Waals surface area (Å²) in [4.78, 5) is 23.2. The number of carboxylic acids is 1. The van der Waals surface area contributed by atoms with Crippen molar-refractivity contribution in [3.8, 4) is 0 Å². The molecule has 0 aromatic carbocycles. The molecular weight excluding hydrogens is 310 g/mol. The molecule has 4 atom stereocenters. The summed E-state index contributed by atoms with van der Waals surface area (Å²) < 4.78 is 11.0. The zero-order valence-electron chi connectivity index (χ0n) is 15.6. The third-order valence-corrected chi connectivity index (χ3v) is 4.84. The highest BCUT2D eigenvalue weighted by molar-refractivity contribution is 5.79. The van der Waals surface area contributed by atoms with Gasteiger partial charge in [0.25, 0.3) is 0 Å². The van der Waals surface area contributed by atoms with E-state index in [1.165, 1.54) is 13.5 Å². The topological polar surface area (TPSA) is 84.9 Å². The number of aliphatic carboxylic acids is 1. The average Bonchev–Trinajstić information content (AvgIpc) is 2.43. The van der Waals surface area contributed by atoms with Gasteiger partial charge in [-0.2, -0.15) is 0 Å². The lowest BCUT2D eigenvalue weighted by Gasteiger charge is -2.37. The normalized spacial score (nSPS) is 26.8. The van der Waals surface area contributed by atoms with E-state index in [0.29, 0.717) is 17.8 Å². The van der Waals surface area contributed by atoms with Crippen LogP contribution in [-0.4, -0.2) is 48.9 Å². The summed E-state index contributed by atoms with van der Waals surface area (Å²) in [5, 5.41) is 11.8. The lowest BCUT2D eigenvalue weighted by molar-refractivity contribution is -0.141. The minimum Gasteiger partial charge on any atom is -0.481 e. The molecule has 1 fully saturated rings. The molecule has 1 aliphatic rings. The molecule has 6 nitrogen and oxygen atoms in total. The van der Waals surface area contributed by atoms with Gasteiger partial charge in [0.2, 0.25) is 5.91 Å². The van der Waals surface area contributed by atoms with Crippen molar-refractivity contribution in [1.82, 2.24) is 5.32 Å². The number of rotatable bonds is 9. The molecule has 1 aliphatic carbocycles. The summed E-state index contributed by atoms with van der Waals surface area (Å²) in [5.41, 5.74) is -0.932. The van der Waals surface area contributed by atoms with Crippen LogP contribution in [0.15, 0.2) is 0 Å². The molecule has 24 heavy (non-hydrogen) atoms. The lowest BCUT2D eigenvalue weighted by atomic mass is 9.75. The predicted octanol–water partition coefficient (Wildman–Crippen LogP) is 2.46. The van der Waals surface area contributed by atoms with E-state index in [2.05, 4.69) is 26.1 Å². The largest absolute Gasteiger partial charge is 0.481 e. The molecule has 140 valence electrons. The molecule has 0 radical (unpaired) electrons. The Hall–Kier alpha value is -1.14. The molecule has 1 rings (SSSR count). The quantitative estimate of drug-likeness (QED) is 0.672. The van der Waals surface area contributed by atoms with E-state index in [9.17, 15) is 9.59 Å². The molecule has 2 N–H and O–H groups in total. The lowest BCUT2D eigenvalue weighted by Crippen LogP contribution is -2.52. The van der Waals surface area contributed by atoms with Gasteiger partial charge in [-0.15, -0.1) is 0 Å². The number of amides is 1. The van der Waals surface area contributed by atoms with Crippen LogP contribution in [0.1, 0.15) is 53.4 Å². The van der Waals surface area contributed by atoms with E-state index < -0.39 is 11.5 Å². The van der Waals surface area contributed by atoms with Gasteiger partial charge in [0.15, 0.2) is 0 Å². The second-order valence-corrected chi connectivity index (χ2v) is 7.79. The van der Waals surface area contributed by atoms with Crippen LogP contribution in [-0.2, 0) is 19.1 Å². The van der Waals surface area contributed by atoms with Crippen LogP contribution in [0.3, 0.4) is 0 Å². The van der Waals surface area contributed by atoms with Gasteiger partial charge in [0.05, 0.1) is 24.7 Å². The van der Waals surface area contributed by atoms with E-state index in [4.69, 9.17) is 14.6 Å². The number of methoxy groups -OCH3 is 1. The fourth-order valence-electron chi connectivity index (χ4n) is 3.65. The standard InChI is InChI=1S/C18H33NO5/c1-12(2)14-7-6-13(3)8-15(14)24-10-16(20)19-18(4,11-23-5)9-17(21)22/h12-15H,6-11H2,1-5H3,(H,19,20)(H,21,22). The maximum Gasteiger partial charge on any atom is 0.305 e. The first-order valence-electron chi connectivity index (χ1n) is 8.80. The van der Waals surface area contributed by atoms with Crippen molar-refractivity contribution < 1.29 is 24.2 Å². The van der Waals surface area contributed by atoms with Gasteiger partial charge in [-0.1, -0.05) is 27.2 Å². The highest BCUT2D eigenvalue weighted by Gasteiger charge is 2.33. The molecule has 1 amide bonds. The van der Waals surface area contributed by atoms with Crippen LogP contribution in [0.25, 0.3) is 0 Å². The van der Waals surface area contributed by atoms with Gasteiger partial charge in [-0.05, 0) is 37.5 Å². The minimum absolute atomic E-state index is 0.0421. The van der Waals surface area contributed by atoms with Gasteiger partial charge < -0.3 is 19.9 Å². The third kappa shape index (κ3) is 6.77. The van der Waals surface area contributed by atoms with Gasteiger partial charge >= 0.3 is 5.97 Å². The Kier molecular flexibility index (Phi) is 8.16. The molecule has 4 unspecified atom stereocenters. The number of hydrogen-bond acceptors (Lipinski definition) is 4. The van der Waals surface area contributed by atoms with Gasteiger partial charge in [-0.25, -0.2) is 0 Å². The molecule has 0 aliphatic heterocycles. The van der Waals surface area contributed by atoms with Crippen LogP contribution in [0.4, 0.5) is 0 Å². The van der Waals surface area contributed by atoms with Crippen molar-refractivity contribution in [2.24, 2.45) is 17.8 Å². The van der Waals surface area contributed by atoms with E-state index in [0.717, 1.165) is 12.8 Å². The Morgan fingerprint density at radius 3 is 2.54 bits per heavy atom. The Labute approximate surface area is 145 Å². The molecule has 0 heterocycles. The first-order chi connectivity index (χ1) is 11.2. The SMILES string of the molecule is COCC(C)(CC(=O)O)NC(=O)COC1CC(C)CCC1C(C)C. The third-order valence-electron chi connectivity index (χ3n) is 4.84. The maximum atomic E-state index is 12.2. The summed E-state index contributed by atoms with van der Waals surface area (Å²) in [6.45, 7) is 8.37. The fourth-order valence-corrected chi connectivity index (χ4v) is 3.65. The predicted molar refractivity (Wildman–Crippen MR) is 91.8 cm³/mol. The first kappa shape index (κ1) is 20.9. The van der Waals surface area contributed by atoms with E-state index >= 15 is 0 Å². The summed E-state index contributed by atoms with van der Waals surface area (Å²) in [6, 6.07) is 0. The highest BCUT2D eigenvalue weighted by atomic mass is 16.5. The van der Waals surface area contributed by atoms with Crippen molar-refractivity contribution in [1.29, 1.82) is 0 Å². The Bertz CT molecular complexity index is 426. The van der Waals surface area contributed by atoms with E-state index in [-0.39, 0.29) is 31.6 Å². The van der Waals surface area contributed by atoms with Crippen LogP contribution in [0.2, 0.25) is 0 Å². The van der Waals surface area contributed by atoms with E-state index in [1.54, 1.807) is 6.92 Å². The van der Waals surface area contributed by atoms with Gasteiger partial charge in [0.1, 0.15) is 6.61 Å². The molecule has 0 aromatic heterocycles. The monoisotopic (exact) mass is 343 g/mol. The number of hydrogen-bond donors (Lipinski definition) is 2. The average molecular weight is 343 g/mol. The van der Waals surface area contributed by atoms with Gasteiger partial charge in [-0.3, -0.25) is 9.59 Å². The highest BCUT2D eigenvalue weighted by Crippen LogP contribution is 2.35. The van der Waals surface area contributed by atoms with Crippen molar-refractivity contribution >= 4 is 11.9 Å².